The maximum atomic E-state index is 11.0. The lowest BCUT2D eigenvalue weighted by molar-refractivity contribution is -0.384. The summed E-state index contributed by atoms with van der Waals surface area (Å²) in [6, 6.07) is 0.923. The Morgan fingerprint density at radius 2 is 2.33 bits per heavy atom. The highest BCUT2D eigenvalue weighted by molar-refractivity contribution is 6.30. The summed E-state index contributed by atoms with van der Waals surface area (Å²) < 4.78 is 0. The molecular formula is C11H12ClN3O3. The fourth-order valence-corrected chi connectivity index (χ4v) is 2.29. The van der Waals surface area contributed by atoms with Gasteiger partial charge in [0, 0.05) is 18.8 Å². The van der Waals surface area contributed by atoms with E-state index in [9.17, 15) is 14.9 Å². The Hall–Kier alpha value is -1.69. The van der Waals surface area contributed by atoms with Crippen LogP contribution in [0.2, 0.25) is 5.02 Å². The summed E-state index contributed by atoms with van der Waals surface area (Å²) in [4.78, 5) is 27.2. The Morgan fingerprint density at radius 1 is 1.56 bits per heavy atom. The van der Waals surface area contributed by atoms with Gasteiger partial charge in [-0.3, -0.25) is 10.1 Å². The predicted molar refractivity (Wildman–Crippen MR) is 67.0 cm³/mol. The third kappa shape index (κ3) is 2.43. The van der Waals surface area contributed by atoms with Gasteiger partial charge in [-0.05, 0) is 19.3 Å². The molecule has 0 amide bonds. The highest BCUT2D eigenvalue weighted by atomic mass is 35.5. The Kier molecular flexibility index (Phi) is 3.76. The minimum atomic E-state index is -0.523. The molecule has 0 saturated carbocycles. The summed E-state index contributed by atoms with van der Waals surface area (Å²) in [6.07, 6.45) is 4.72. The van der Waals surface area contributed by atoms with E-state index in [2.05, 4.69) is 4.98 Å². The fourth-order valence-electron chi connectivity index (χ4n) is 2.14. The van der Waals surface area contributed by atoms with Gasteiger partial charge in [0.15, 0.2) is 0 Å². The molecule has 1 unspecified atom stereocenters. The van der Waals surface area contributed by atoms with Crippen molar-refractivity contribution in [3.8, 4) is 0 Å². The Bertz CT molecular complexity index is 481. The molecule has 1 aromatic rings. The molecule has 0 N–H and O–H groups in total. The number of aromatic nitrogens is 1. The van der Waals surface area contributed by atoms with Gasteiger partial charge in [0.25, 0.3) is 0 Å². The molecular weight excluding hydrogens is 258 g/mol. The van der Waals surface area contributed by atoms with Crippen LogP contribution in [0.15, 0.2) is 12.3 Å². The van der Waals surface area contributed by atoms with Gasteiger partial charge in [0.1, 0.15) is 6.29 Å². The highest BCUT2D eigenvalue weighted by Gasteiger charge is 2.29. The molecule has 1 aliphatic heterocycles. The first-order valence-corrected chi connectivity index (χ1v) is 6.03. The zero-order valence-electron chi connectivity index (χ0n) is 9.58. The Morgan fingerprint density at radius 3 is 3.00 bits per heavy atom. The molecule has 2 rings (SSSR count). The third-order valence-electron chi connectivity index (χ3n) is 2.99. The van der Waals surface area contributed by atoms with Crippen LogP contribution >= 0.6 is 11.6 Å². The first-order valence-electron chi connectivity index (χ1n) is 5.65. The summed E-state index contributed by atoms with van der Waals surface area (Å²) in [6.45, 7) is 0.596. The normalized spacial score (nSPS) is 19.6. The minimum Gasteiger partial charge on any atom is -0.341 e. The molecule has 7 heteroatoms. The summed E-state index contributed by atoms with van der Waals surface area (Å²) >= 11 is 5.72. The van der Waals surface area contributed by atoms with Crippen LogP contribution in [-0.4, -0.2) is 28.8 Å². The van der Waals surface area contributed by atoms with Crippen LogP contribution in [0, 0.1) is 10.1 Å². The Labute approximate surface area is 109 Å². The van der Waals surface area contributed by atoms with Gasteiger partial charge in [-0.25, -0.2) is 4.98 Å². The van der Waals surface area contributed by atoms with Crippen molar-refractivity contribution in [3.63, 3.8) is 0 Å². The van der Waals surface area contributed by atoms with E-state index >= 15 is 0 Å². The molecule has 18 heavy (non-hydrogen) atoms. The molecule has 96 valence electrons. The second kappa shape index (κ2) is 5.30. The molecule has 1 aromatic heterocycles. The van der Waals surface area contributed by atoms with Crippen molar-refractivity contribution < 1.29 is 9.72 Å². The standard InChI is InChI=1S/C11H12ClN3O3/c12-8-5-10(15(17)18)11(13-6-8)14-4-2-1-3-9(14)7-16/h5-7,9H,1-4H2. The number of pyridine rings is 1. The number of carbonyl (C=O) groups is 1. The van der Waals surface area contributed by atoms with E-state index in [4.69, 9.17) is 11.6 Å². The summed E-state index contributed by atoms with van der Waals surface area (Å²) in [5.41, 5.74) is -0.156. The molecule has 0 radical (unpaired) electrons. The van der Waals surface area contributed by atoms with Crippen molar-refractivity contribution in [1.82, 2.24) is 4.98 Å². The van der Waals surface area contributed by atoms with Crippen LogP contribution in [0.1, 0.15) is 19.3 Å². The van der Waals surface area contributed by atoms with Gasteiger partial charge in [0.2, 0.25) is 5.82 Å². The largest absolute Gasteiger partial charge is 0.341 e. The van der Waals surface area contributed by atoms with E-state index in [1.165, 1.54) is 12.3 Å². The monoisotopic (exact) mass is 269 g/mol. The van der Waals surface area contributed by atoms with E-state index < -0.39 is 4.92 Å². The number of aldehydes is 1. The van der Waals surface area contributed by atoms with Gasteiger partial charge in [-0.1, -0.05) is 11.6 Å². The number of anilines is 1. The molecule has 6 nitrogen and oxygen atoms in total. The number of nitrogens with zero attached hydrogens (tertiary/aromatic N) is 3. The van der Waals surface area contributed by atoms with Crippen LogP contribution in [0.3, 0.4) is 0 Å². The molecule has 0 aromatic carbocycles. The third-order valence-corrected chi connectivity index (χ3v) is 3.20. The lowest BCUT2D eigenvalue weighted by Crippen LogP contribution is -2.41. The number of carbonyl (C=O) groups excluding carboxylic acids is 1. The van der Waals surface area contributed by atoms with Crippen molar-refractivity contribution in [1.29, 1.82) is 0 Å². The maximum absolute atomic E-state index is 11.0. The number of hydrogen-bond acceptors (Lipinski definition) is 5. The van der Waals surface area contributed by atoms with E-state index in [0.717, 1.165) is 19.1 Å². The SMILES string of the molecule is O=CC1CCCCN1c1ncc(Cl)cc1[N+](=O)[O-]. The van der Waals surface area contributed by atoms with Crippen molar-refractivity contribution >= 4 is 29.4 Å². The predicted octanol–water partition coefficient (Wildman–Crippen LogP) is 2.20. The Balaban J connectivity index is 2.42. The number of piperidine rings is 1. The zero-order valence-corrected chi connectivity index (χ0v) is 10.3. The van der Waals surface area contributed by atoms with E-state index in [-0.39, 0.29) is 22.6 Å². The smallest absolute Gasteiger partial charge is 0.313 e. The summed E-state index contributed by atoms with van der Waals surface area (Å²) in [5, 5.41) is 11.2. The van der Waals surface area contributed by atoms with Crippen molar-refractivity contribution in [2.45, 2.75) is 25.3 Å². The number of hydrogen-bond donors (Lipinski definition) is 0. The van der Waals surface area contributed by atoms with Gasteiger partial charge >= 0.3 is 5.69 Å². The zero-order chi connectivity index (χ0) is 13.1. The second-order valence-corrected chi connectivity index (χ2v) is 4.58. The molecule has 2 heterocycles. The minimum absolute atomic E-state index is 0.156. The highest BCUT2D eigenvalue weighted by Crippen LogP contribution is 2.32. The van der Waals surface area contributed by atoms with Crippen LogP contribution < -0.4 is 4.90 Å². The van der Waals surface area contributed by atoms with Crippen molar-refractivity contribution in [2.24, 2.45) is 0 Å². The first kappa shape index (κ1) is 12.8. The molecule has 0 bridgehead atoms. The van der Waals surface area contributed by atoms with E-state index in [1.54, 1.807) is 4.90 Å². The maximum Gasteiger partial charge on any atom is 0.313 e. The van der Waals surface area contributed by atoms with Gasteiger partial charge in [-0.2, -0.15) is 0 Å². The van der Waals surface area contributed by atoms with Crippen molar-refractivity contribution in [2.75, 3.05) is 11.4 Å². The average Bonchev–Trinajstić information content (AvgIpc) is 2.38. The molecule has 1 fully saturated rings. The molecule has 0 aliphatic carbocycles. The van der Waals surface area contributed by atoms with Crippen molar-refractivity contribution in [3.05, 3.63) is 27.4 Å². The van der Waals surface area contributed by atoms with E-state index in [0.29, 0.717) is 13.0 Å². The van der Waals surface area contributed by atoms with Crippen LogP contribution in [0.4, 0.5) is 11.5 Å². The van der Waals surface area contributed by atoms with Gasteiger partial charge < -0.3 is 9.69 Å². The van der Waals surface area contributed by atoms with Gasteiger partial charge in [0.05, 0.1) is 16.0 Å². The number of nitro groups is 1. The molecule has 1 saturated heterocycles. The molecule has 1 aliphatic rings. The van der Waals surface area contributed by atoms with Crippen LogP contribution in [0.5, 0.6) is 0 Å². The topological polar surface area (TPSA) is 76.3 Å². The number of halogens is 1. The van der Waals surface area contributed by atoms with Crippen LogP contribution in [0.25, 0.3) is 0 Å². The van der Waals surface area contributed by atoms with Gasteiger partial charge in [-0.15, -0.1) is 0 Å². The molecule has 1 atom stereocenters. The first-order chi connectivity index (χ1) is 8.63. The lowest BCUT2D eigenvalue weighted by Gasteiger charge is -2.32. The van der Waals surface area contributed by atoms with E-state index in [1.807, 2.05) is 0 Å². The lowest BCUT2D eigenvalue weighted by atomic mass is 10.0. The molecule has 0 spiro atoms. The summed E-state index contributed by atoms with van der Waals surface area (Å²) in [7, 11) is 0. The summed E-state index contributed by atoms with van der Waals surface area (Å²) in [5.74, 6) is 0.223. The van der Waals surface area contributed by atoms with Crippen LogP contribution in [-0.2, 0) is 4.79 Å². The second-order valence-electron chi connectivity index (χ2n) is 4.15. The fraction of sp³-hybridized carbons (Fsp3) is 0.455. The number of rotatable bonds is 3. The quantitative estimate of drug-likeness (QED) is 0.478. The average molecular weight is 270 g/mol.